The van der Waals surface area contributed by atoms with Crippen molar-refractivity contribution in [2.24, 2.45) is 11.8 Å². The third kappa shape index (κ3) is 3.07. The van der Waals surface area contributed by atoms with Crippen molar-refractivity contribution in [3.05, 3.63) is 42.0 Å². The number of para-hydroxylation sites is 1. The van der Waals surface area contributed by atoms with E-state index in [-0.39, 0.29) is 23.7 Å². The molecular formula is C16H20N2O2. The molecule has 1 aromatic rings. The summed E-state index contributed by atoms with van der Waals surface area (Å²) < 4.78 is 0. The van der Waals surface area contributed by atoms with Crippen LogP contribution in [0.25, 0.3) is 0 Å². The van der Waals surface area contributed by atoms with Gasteiger partial charge in [-0.25, -0.2) is 0 Å². The summed E-state index contributed by atoms with van der Waals surface area (Å²) in [6.07, 6.45) is 2.26. The van der Waals surface area contributed by atoms with Crippen molar-refractivity contribution in [1.29, 1.82) is 0 Å². The number of benzene rings is 1. The summed E-state index contributed by atoms with van der Waals surface area (Å²) in [5.41, 5.74) is 2.92. The first kappa shape index (κ1) is 14.3. The van der Waals surface area contributed by atoms with E-state index < -0.39 is 0 Å². The van der Waals surface area contributed by atoms with Crippen molar-refractivity contribution < 1.29 is 9.59 Å². The second-order valence-electron chi connectivity index (χ2n) is 5.24. The van der Waals surface area contributed by atoms with Gasteiger partial charge in [-0.3, -0.25) is 9.59 Å². The van der Waals surface area contributed by atoms with Crippen molar-refractivity contribution >= 4 is 17.5 Å². The summed E-state index contributed by atoms with van der Waals surface area (Å²) in [5.74, 6) is -0.536. The largest absolute Gasteiger partial charge is 0.352 e. The number of amides is 2. The van der Waals surface area contributed by atoms with Gasteiger partial charge in [0.1, 0.15) is 0 Å². The number of carbonyl (C=O) groups is 2. The van der Waals surface area contributed by atoms with Gasteiger partial charge in [-0.1, -0.05) is 24.3 Å². The molecule has 0 radical (unpaired) electrons. The van der Waals surface area contributed by atoms with Crippen LogP contribution in [0.15, 0.2) is 30.9 Å². The molecular weight excluding hydrogens is 252 g/mol. The molecule has 106 valence electrons. The number of anilines is 1. The quantitative estimate of drug-likeness (QED) is 0.807. The highest BCUT2D eigenvalue weighted by Gasteiger charge is 2.47. The summed E-state index contributed by atoms with van der Waals surface area (Å²) in [7, 11) is 0. The Morgan fingerprint density at radius 2 is 1.85 bits per heavy atom. The van der Waals surface area contributed by atoms with Crippen LogP contribution in [0.3, 0.4) is 0 Å². The van der Waals surface area contributed by atoms with E-state index >= 15 is 0 Å². The van der Waals surface area contributed by atoms with Crippen molar-refractivity contribution in [2.75, 3.05) is 11.9 Å². The lowest BCUT2D eigenvalue weighted by molar-refractivity contribution is -0.125. The zero-order valence-electron chi connectivity index (χ0n) is 11.9. The number of rotatable bonds is 5. The zero-order chi connectivity index (χ0) is 14.7. The molecule has 2 amide bonds. The van der Waals surface area contributed by atoms with Crippen LogP contribution in [0.4, 0.5) is 5.69 Å². The first-order chi connectivity index (χ1) is 9.54. The van der Waals surface area contributed by atoms with Crippen LogP contribution >= 0.6 is 0 Å². The predicted octanol–water partition coefficient (Wildman–Crippen LogP) is 2.18. The summed E-state index contributed by atoms with van der Waals surface area (Å²) in [4.78, 5) is 23.9. The molecule has 2 atom stereocenters. The van der Waals surface area contributed by atoms with Gasteiger partial charge in [0.2, 0.25) is 11.8 Å². The van der Waals surface area contributed by atoms with Gasteiger partial charge < -0.3 is 10.6 Å². The molecule has 4 nitrogen and oxygen atoms in total. The number of aryl methyl sites for hydroxylation is 2. The predicted molar refractivity (Wildman–Crippen MR) is 79.3 cm³/mol. The third-order valence-corrected chi connectivity index (χ3v) is 3.61. The fourth-order valence-corrected chi connectivity index (χ4v) is 2.31. The molecule has 0 saturated heterocycles. The zero-order valence-corrected chi connectivity index (χ0v) is 11.9. The minimum absolute atomic E-state index is 0.0634. The topological polar surface area (TPSA) is 58.2 Å². The molecule has 0 heterocycles. The van der Waals surface area contributed by atoms with Crippen LogP contribution in [0, 0.1) is 25.7 Å². The molecule has 1 fully saturated rings. The summed E-state index contributed by atoms with van der Waals surface area (Å²) in [6.45, 7) is 7.92. The van der Waals surface area contributed by atoms with Crippen LogP contribution < -0.4 is 10.6 Å². The maximum absolute atomic E-state index is 12.2. The molecule has 1 aliphatic rings. The molecule has 2 unspecified atom stereocenters. The SMILES string of the molecule is C=CCNC(=O)C1CC1C(=O)Nc1c(C)cccc1C. The maximum Gasteiger partial charge on any atom is 0.228 e. The van der Waals surface area contributed by atoms with E-state index in [1.54, 1.807) is 6.08 Å². The molecule has 2 N–H and O–H groups in total. The van der Waals surface area contributed by atoms with Crippen LogP contribution in [0.5, 0.6) is 0 Å². The lowest BCUT2D eigenvalue weighted by atomic mass is 10.1. The highest BCUT2D eigenvalue weighted by molar-refractivity contribution is 6.00. The summed E-state index contributed by atoms with van der Waals surface area (Å²) in [6, 6.07) is 5.89. The molecule has 4 heteroatoms. The third-order valence-electron chi connectivity index (χ3n) is 3.61. The second kappa shape index (κ2) is 5.90. The van der Waals surface area contributed by atoms with Crippen molar-refractivity contribution in [2.45, 2.75) is 20.3 Å². The standard InChI is InChI=1S/C16H20N2O2/c1-4-8-17-15(19)12-9-13(12)16(20)18-14-10(2)6-5-7-11(14)3/h4-7,12-13H,1,8-9H2,2-3H3,(H,17,19)(H,18,20). The Labute approximate surface area is 119 Å². The van der Waals surface area contributed by atoms with E-state index in [1.807, 2.05) is 32.0 Å². The van der Waals surface area contributed by atoms with Gasteiger partial charge in [0, 0.05) is 12.2 Å². The number of carbonyl (C=O) groups excluding carboxylic acids is 2. The minimum Gasteiger partial charge on any atom is -0.352 e. The Morgan fingerprint density at radius 3 is 2.45 bits per heavy atom. The number of hydrogen-bond acceptors (Lipinski definition) is 2. The second-order valence-corrected chi connectivity index (χ2v) is 5.24. The van der Waals surface area contributed by atoms with Crippen LogP contribution in [-0.4, -0.2) is 18.4 Å². The van der Waals surface area contributed by atoms with Crippen LogP contribution in [0.1, 0.15) is 17.5 Å². The van der Waals surface area contributed by atoms with Gasteiger partial charge in [0.15, 0.2) is 0 Å². The van der Waals surface area contributed by atoms with E-state index in [0.29, 0.717) is 13.0 Å². The van der Waals surface area contributed by atoms with Crippen molar-refractivity contribution in [3.8, 4) is 0 Å². The normalized spacial score (nSPS) is 20.1. The molecule has 1 aromatic carbocycles. The molecule has 0 spiro atoms. The molecule has 0 aliphatic heterocycles. The Bertz CT molecular complexity index is 531. The van der Waals surface area contributed by atoms with Gasteiger partial charge in [0.05, 0.1) is 11.8 Å². The van der Waals surface area contributed by atoms with Gasteiger partial charge in [-0.2, -0.15) is 0 Å². The van der Waals surface area contributed by atoms with Gasteiger partial charge in [0.25, 0.3) is 0 Å². The number of hydrogen-bond donors (Lipinski definition) is 2. The van der Waals surface area contributed by atoms with E-state index in [2.05, 4.69) is 17.2 Å². The Kier molecular flexibility index (Phi) is 4.23. The average molecular weight is 272 g/mol. The van der Waals surface area contributed by atoms with E-state index in [4.69, 9.17) is 0 Å². The first-order valence-corrected chi connectivity index (χ1v) is 6.80. The molecule has 0 aromatic heterocycles. The molecule has 1 aliphatic carbocycles. The maximum atomic E-state index is 12.2. The van der Waals surface area contributed by atoms with E-state index in [9.17, 15) is 9.59 Å². The average Bonchev–Trinajstić information content (AvgIpc) is 3.20. The Hall–Kier alpha value is -2.10. The monoisotopic (exact) mass is 272 g/mol. The Morgan fingerprint density at radius 1 is 1.25 bits per heavy atom. The van der Waals surface area contributed by atoms with Gasteiger partial charge >= 0.3 is 0 Å². The molecule has 1 saturated carbocycles. The van der Waals surface area contributed by atoms with Crippen molar-refractivity contribution in [3.63, 3.8) is 0 Å². The number of nitrogens with one attached hydrogen (secondary N) is 2. The molecule has 20 heavy (non-hydrogen) atoms. The van der Waals surface area contributed by atoms with Crippen LogP contribution in [-0.2, 0) is 9.59 Å². The molecule has 2 rings (SSSR count). The summed E-state index contributed by atoms with van der Waals surface area (Å²) >= 11 is 0. The Balaban J connectivity index is 1.94. The van der Waals surface area contributed by atoms with Gasteiger partial charge in [-0.15, -0.1) is 6.58 Å². The lowest BCUT2D eigenvalue weighted by Crippen LogP contribution is -2.27. The first-order valence-electron chi connectivity index (χ1n) is 6.80. The van der Waals surface area contributed by atoms with E-state index in [0.717, 1.165) is 16.8 Å². The van der Waals surface area contributed by atoms with Crippen LogP contribution in [0.2, 0.25) is 0 Å². The van der Waals surface area contributed by atoms with E-state index in [1.165, 1.54) is 0 Å². The summed E-state index contributed by atoms with van der Waals surface area (Å²) in [5, 5.41) is 5.67. The fraction of sp³-hybridized carbons (Fsp3) is 0.375. The fourth-order valence-electron chi connectivity index (χ4n) is 2.31. The van der Waals surface area contributed by atoms with Gasteiger partial charge in [-0.05, 0) is 31.4 Å². The minimum atomic E-state index is -0.209. The smallest absolute Gasteiger partial charge is 0.228 e. The lowest BCUT2D eigenvalue weighted by Gasteiger charge is -2.11. The molecule has 0 bridgehead atoms. The van der Waals surface area contributed by atoms with Crippen molar-refractivity contribution in [1.82, 2.24) is 5.32 Å². The highest BCUT2D eigenvalue weighted by Crippen LogP contribution is 2.39. The highest BCUT2D eigenvalue weighted by atomic mass is 16.2.